The van der Waals surface area contributed by atoms with Crippen LogP contribution in [0.15, 0.2) is 78.2 Å². The lowest BCUT2D eigenvalue weighted by molar-refractivity contribution is -0.384. The summed E-state index contributed by atoms with van der Waals surface area (Å²) in [7, 11) is 0. The molecule has 0 aliphatic carbocycles. The number of carbonyl (C=O) groups excluding carboxylic acids is 1. The lowest BCUT2D eigenvalue weighted by atomic mass is 9.83. The SMILES string of the molecule is N#CC1=C(N)Oc2cc(OC(=O)c3sc4ccccc4c3Cl)ccc2C1c1cccc([N+](=O)[O-])c1. The Labute approximate surface area is 207 Å². The van der Waals surface area contributed by atoms with Crippen LogP contribution in [0.2, 0.25) is 5.02 Å². The van der Waals surface area contributed by atoms with Crippen LogP contribution in [-0.4, -0.2) is 10.9 Å². The van der Waals surface area contributed by atoms with Crippen molar-refractivity contribution >= 4 is 44.7 Å². The first-order chi connectivity index (χ1) is 16.9. The fourth-order valence-corrected chi connectivity index (χ4v) is 5.34. The van der Waals surface area contributed by atoms with E-state index in [2.05, 4.69) is 0 Å². The number of hydrogen-bond donors (Lipinski definition) is 1. The molecule has 2 heterocycles. The number of nitrogens with zero attached hydrogens (tertiary/aromatic N) is 2. The molecule has 4 aromatic rings. The summed E-state index contributed by atoms with van der Waals surface area (Å²) in [5.74, 6) is -0.986. The molecule has 1 atom stereocenters. The fraction of sp³-hybridized carbons (Fsp3) is 0.0400. The Kier molecular flexibility index (Phi) is 5.61. The van der Waals surface area contributed by atoms with Gasteiger partial charge in [-0.15, -0.1) is 11.3 Å². The number of nitrogens with two attached hydrogens (primary N) is 1. The van der Waals surface area contributed by atoms with Crippen LogP contribution < -0.4 is 15.2 Å². The minimum absolute atomic E-state index is 0.114. The van der Waals surface area contributed by atoms with E-state index in [1.54, 1.807) is 24.3 Å². The van der Waals surface area contributed by atoms with Gasteiger partial charge in [0, 0.05) is 33.8 Å². The van der Waals surface area contributed by atoms with Gasteiger partial charge in [-0.25, -0.2) is 4.79 Å². The van der Waals surface area contributed by atoms with Crippen LogP contribution >= 0.6 is 22.9 Å². The molecule has 1 unspecified atom stereocenters. The zero-order valence-corrected chi connectivity index (χ0v) is 19.3. The van der Waals surface area contributed by atoms with Gasteiger partial charge in [-0.2, -0.15) is 5.26 Å². The first-order valence-corrected chi connectivity index (χ1v) is 11.4. The van der Waals surface area contributed by atoms with E-state index >= 15 is 0 Å². The number of esters is 1. The number of hydrogen-bond acceptors (Lipinski definition) is 8. The normalized spacial score (nSPS) is 14.7. The molecule has 0 saturated carbocycles. The monoisotopic (exact) mass is 503 g/mol. The van der Waals surface area contributed by atoms with Crippen LogP contribution in [0.3, 0.4) is 0 Å². The predicted molar refractivity (Wildman–Crippen MR) is 131 cm³/mol. The predicted octanol–water partition coefficient (Wildman–Crippen LogP) is 5.90. The first kappa shape index (κ1) is 22.4. The van der Waals surface area contributed by atoms with E-state index in [0.717, 1.165) is 10.1 Å². The topological polar surface area (TPSA) is 128 Å². The molecule has 10 heteroatoms. The molecular weight excluding hydrogens is 490 g/mol. The van der Waals surface area contributed by atoms with Gasteiger partial charge in [-0.05, 0) is 17.7 Å². The Morgan fingerprint density at radius 2 is 1.97 bits per heavy atom. The average Bonchev–Trinajstić information content (AvgIpc) is 3.20. The van der Waals surface area contributed by atoms with Gasteiger partial charge in [0.15, 0.2) is 0 Å². The van der Waals surface area contributed by atoms with Crippen molar-refractivity contribution in [1.29, 1.82) is 5.26 Å². The molecule has 0 bridgehead atoms. The van der Waals surface area contributed by atoms with E-state index in [9.17, 15) is 20.2 Å². The van der Waals surface area contributed by atoms with Gasteiger partial charge < -0.3 is 15.2 Å². The lowest BCUT2D eigenvalue weighted by Gasteiger charge is -2.26. The maximum absolute atomic E-state index is 12.8. The summed E-state index contributed by atoms with van der Waals surface area (Å²) in [6.07, 6.45) is 0. The van der Waals surface area contributed by atoms with E-state index in [1.165, 1.54) is 29.5 Å². The Balaban J connectivity index is 1.51. The second-order valence-corrected chi connectivity index (χ2v) is 9.04. The van der Waals surface area contributed by atoms with E-state index < -0.39 is 16.8 Å². The summed E-state index contributed by atoms with van der Waals surface area (Å²) in [6, 6.07) is 20.1. The van der Waals surface area contributed by atoms with E-state index in [1.807, 2.05) is 30.3 Å². The van der Waals surface area contributed by atoms with Gasteiger partial charge in [0.1, 0.15) is 28.0 Å². The quantitative estimate of drug-likeness (QED) is 0.159. The molecule has 3 aromatic carbocycles. The summed E-state index contributed by atoms with van der Waals surface area (Å²) in [5, 5.41) is 22.1. The number of fused-ring (bicyclic) bond motifs is 2. The zero-order chi connectivity index (χ0) is 24.7. The van der Waals surface area contributed by atoms with Crippen LogP contribution in [0, 0.1) is 21.4 Å². The highest BCUT2D eigenvalue weighted by molar-refractivity contribution is 7.21. The van der Waals surface area contributed by atoms with Crippen LogP contribution in [0.1, 0.15) is 26.7 Å². The van der Waals surface area contributed by atoms with Crippen molar-refractivity contribution in [2.45, 2.75) is 5.92 Å². The second kappa shape index (κ2) is 8.76. The van der Waals surface area contributed by atoms with Gasteiger partial charge >= 0.3 is 5.97 Å². The largest absolute Gasteiger partial charge is 0.440 e. The standard InChI is InChI=1S/C25H14ClN3O5S/c26-22-17-6-1-2-7-20(17)35-23(22)25(30)33-15-8-9-16-19(11-15)34-24(28)18(12-27)21(16)13-4-3-5-14(10-13)29(31)32/h1-11,21H,28H2. The molecule has 8 nitrogen and oxygen atoms in total. The third kappa shape index (κ3) is 3.95. The number of ether oxygens (including phenoxy) is 2. The molecule has 0 radical (unpaired) electrons. The van der Waals surface area contributed by atoms with Crippen LogP contribution in [0.25, 0.3) is 10.1 Å². The molecule has 0 spiro atoms. The number of carbonyl (C=O) groups is 1. The van der Waals surface area contributed by atoms with E-state index in [-0.39, 0.29) is 33.5 Å². The van der Waals surface area contributed by atoms with Crippen molar-refractivity contribution in [2.75, 3.05) is 0 Å². The highest BCUT2D eigenvalue weighted by atomic mass is 35.5. The summed E-state index contributed by atoms with van der Waals surface area (Å²) in [4.78, 5) is 23.9. The maximum atomic E-state index is 12.8. The molecule has 5 rings (SSSR count). The van der Waals surface area contributed by atoms with Crippen LogP contribution in [-0.2, 0) is 0 Å². The van der Waals surface area contributed by atoms with Crippen molar-refractivity contribution < 1.29 is 19.2 Å². The number of rotatable bonds is 4. The first-order valence-electron chi connectivity index (χ1n) is 10.2. The fourth-order valence-electron chi connectivity index (χ4n) is 3.96. The Morgan fingerprint density at radius 1 is 1.17 bits per heavy atom. The van der Waals surface area contributed by atoms with Gasteiger partial charge in [0.05, 0.1) is 15.9 Å². The molecule has 1 aromatic heterocycles. The summed E-state index contributed by atoms with van der Waals surface area (Å²) >= 11 is 7.62. The molecule has 172 valence electrons. The van der Waals surface area contributed by atoms with Gasteiger partial charge in [-0.3, -0.25) is 10.1 Å². The number of halogens is 1. The number of benzene rings is 3. The van der Waals surface area contributed by atoms with Gasteiger partial charge in [-0.1, -0.05) is 48.0 Å². The van der Waals surface area contributed by atoms with Crippen molar-refractivity contribution in [3.8, 4) is 17.6 Å². The minimum Gasteiger partial charge on any atom is -0.440 e. The lowest BCUT2D eigenvalue weighted by Crippen LogP contribution is -2.21. The number of nitro benzene ring substituents is 1. The maximum Gasteiger partial charge on any atom is 0.355 e. The number of allylic oxidation sites excluding steroid dienone is 1. The van der Waals surface area contributed by atoms with Crippen LogP contribution in [0.4, 0.5) is 5.69 Å². The Morgan fingerprint density at radius 3 is 2.71 bits per heavy atom. The molecule has 35 heavy (non-hydrogen) atoms. The molecule has 1 aliphatic heterocycles. The highest BCUT2D eigenvalue weighted by Crippen LogP contribution is 2.44. The summed E-state index contributed by atoms with van der Waals surface area (Å²) in [5.41, 5.74) is 7.08. The Bertz CT molecular complexity index is 1600. The van der Waals surface area contributed by atoms with Gasteiger partial charge in [0.2, 0.25) is 5.88 Å². The number of nitriles is 1. The Hall–Kier alpha value is -4.39. The summed E-state index contributed by atoms with van der Waals surface area (Å²) in [6.45, 7) is 0. The highest BCUT2D eigenvalue weighted by Gasteiger charge is 2.32. The molecule has 0 fully saturated rings. The number of nitro groups is 1. The third-order valence-corrected chi connectivity index (χ3v) is 7.19. The van der Waals surface area contributed by atoms with Crippen LogP contribution in [0.5, 0.6) is 11.5 Å². The van der Waals surface area contributed by atoms with Crippen molar-refractivity contribution in [2.24, 2.45) is 5.73 Å². The minimum atomic E-state index is -0.689. The van der Waals surface area contributed by atoms with Gasteiger partial charge in [0.25, 0.3) is 5.69 Å². The zero-order valence-electron chi connectivity index (χ0n) is 17.7. The van der Waals surface area contributed by atoms with Crippen molar-refractivity contribution in [1.82, 2.24) is 0 Å². The van der Waals surface area contributed by atoms with E-state index in [4.69, 9.17) is 26.8 Å². The third-order valence-electron chi connectivity index (χ3n) is 5.54. The molecule has 2 N–H and O–H groups in total. The van der Waals surface area contributed by atoms with E-state index in [0.29, 0.717) is 16.1 Å². The number of non-ortho nitro benzene ring substituents is 1. The summed E-state index contributed by atoms with van der Waals surface area (Å²) < 4.78 is 12.1. The molecule has 0 amide bonds. The van der Waals surface area contributed by atoms with Crippen molar-refractivity contribution in [3.63, 3.8) is 0 Å². The van der Waals surface area contributed by atoms with Crippen molar-refractivity contribution in [3.05, 3.63) is 109 Å². The molecular formula is C25H14ClN3O5S. The molecule has 0 saturated heterocycles. The average molecular weight is 504 g/mol. The second-order valence-electron chi connectivity index (χ2n) is 7.61. The molecule has 1 aliphatic rings. The smallest absolute Gasteiger partial charge is 0.355 e. The number of thiophene rings is 1.